The number of carbonyl (C=O) groups is 1. The van der Waals surface area contributed by atoms with Crippen molar-refractivity contribution in [3.63, 3.8) is 0 Å². The van der Waals surface area contributed by atoms with Crippen LogP contribution < -0.4 is 10.6 Å². The molecule has 0 radical (unpaired) electrons. The average molecular weight is 363 g/mol. The molecule has 0 fully saturated rings. The normalized spacial score (nSPS) is 10.3. The lowest BCUT2D eigenvalue weighted by Gasteiger charge is -2.16. The summed E-state index contributed by atoms with van der Waals surface area (Å²) in [5.41, 5.74) is 3.99. The molecule has 24 heavy (non-hydrogen) atoms. The average Bonchev–Trinajstić information content (AvgIpc) is 2.94. The molecule has 0 amide bonds. The lowest BCUT2D eigenvalue weighted by Crippen LogP contribution is -2.21. The van der Waals surface area contributed by atoms with Gasteiger partial charge in [-0.25, -0.2) is 4.79 Å². The van der Waals surface area contributed by atoms with E-state index in [0.29, 0.717) is 15.7 Å². The van der Waals surface area contributed by atoms with Gasteiger partial charge in [0.2, 0.25) is 0 Å². The fourth-order valence-corrected chi connectivity index (χ4v) is 3.69. The molecule has 0 atom stereocenters. The number of aryl methyl sites for hydroxylation is 3. The summed E-state index contributed by atoms with van der Waals surface area (Å²) in [5.74, 6) is -0.368. The highest BCUT2D eigenvalue weighted by Crippen LogP contribution is 2.29. The Kier molecular flexibility index (Phi) is 6.34. The second-order valence-electron chi connectivity index (χ2n) is 5.33. The van der Waals surface area contributed by atoms with E-state index in [1.165, 1.54) is 29.6 Å². The van der Waals surface area contributed by atoms with Gasteiger partial charge < -0.3 is 15.4 Å². The molecule has 1 aromatic heterocycles. The van der Waals surface area contributed by atoms with Crippen LogP contribution in [0.2, 0.25) is 0 Å². The molecule has 2 rings (SSSR count). The maximum absolute atomic E-state index is 11.9. The standard InChI is InChI=1S/C18H22N2O2S2/c1-5-12-8-7-9-13(6-2)15(12)19-18(23)20-16-14(17(21)22-4)10-11(3)24-16/h7-10H,5-6H2,1-4H3,(H2,19,20,23). The molecule has 0 unspecified atom stereocenters. The molecule has 0 aliphatic rings. The summed E-state index contributed by atoms with van der Waals surface area (Å²) in [6, 6.07) is 8.06. The molecule has 6 heteroatoms. The van der Waals surface area contributed by atoms with E-state index < -0.39 is 0 Å². The number of thiophene rings is 1. The number of hydrogen-bond donors (Lipinski definition) is 2. The molecule has 1 heterocycles. The smallest absolute Gasteiger partial charge is 0.340 e. The molecule has 2 aromatic rings. The van der Waals surface area contributed by atoms with Gasteiger partial charge in [0, 0.05) is 10.6 Å². The van der Waals surface area contributed by atoms with Crippen LogP contribution in [-0.2, 0) is 17.6 Å². The highest BCUT2D eigenvalue weighted by molar-refractivity contribution is 7.80. The largest absolute Gasteiger partial charge is 0.465 e. The van der Waals surface area contributed by atoms with Gasteiger partial charge >= 0.3 is 5.97 Å². The predicted octanol–water partition coefficient (Wildman–Crippen LogP) is 4.78. The monoisotopic (exact) mass is 362 g/mol. The molecular formula is C18H22N2O2S2. The summed E-state index contributed by atoms with van der Waals surface area (Å²) in [7, 11) is 1.38. The highest BCUT2D eigenvalue weighted by Gasteiger charge is 2.17. The van der Waals surface area contributed by atoms with E-state index in [-0.39, 0.29) is 5.97 Å². The van der Waals surface area contributed by atoms with Gasteiger partial charge in [-0.1, -0.05) is 32.0 Å². The maximum Gasteiger partial charge on any atom is 0.340 e. The van der Waals surface area contributed by atoms with Crippen molar-refractivity contribution in [2.45, 2.75) is 33.6 Å². The molecule has 4 nitrogen and oxygen atoms in total. The summed E-state index contributed by atoms with van der Waals surface area (Å²) in [5, 5.41) is 7.60. The zero-order chi connectivity index (χ0) is 17.7. The number of ether oxygens (including phenoxy) is 1. The first-order valence-electron chi connectivity index (χ1n) is 7.87. The number of carbonyl (C=O) groups excluding carboxylic acids is 1. The minimum atomic E-state index is -0.368. The van der Waals surface area contributed by atoms with Crippen molar-refractivity contribution >= 4 is 45.3 Å². The highest BCUT2D eigenvalue weighted by atomic mass is 32.1. The summed E-state index contributed by atoms with van der Waals surface area (Å²) in [6.45, 7) is 6.18. The van der Waals surface area contributed by atoms with E-state index in [1.807, 2.05) is 6.92 Å². The fourth-order valence-electron chi connectivity index (χ4n) is 2.52. The molecule has 0 saturated heterocycles. The van der Waals surface area contributed by atoms with Gasteiger partial charge in [0.05, 0.1) is 12.7 Å². The second kappa shape index (κ2) is 8.26. The zero-order valence-corrected chi connectivity index (χ0v) is 16.0. The van der Waals surface area contributed by atoms with E-state index in [0.717, 1.165) is 23.4 Å². The minimum absolute atomic E-state index is 0.368. The first-order valence-corrected chi connectivity index (χ1v) is 9.10. The Morgan fingerprint density at radius 3 is 2.38 bits per heavy atom. The number of hydrogen-bond acceptors (Lipinski definition) is 4. The molecule has 0 aliphatic heterocycles. The number of para-hydroxylation sites is 1. The Hall–Kier alpha value is -1.92. The molecule has 0 bridgehead atoms. The summed E-state index contributed by atoms with van der Waals surface area (Å²) >= 11 is 6.93. The van der Waals surface area contributed by atoms with Crippen molar-refractivity contribution in [2.75, 3.05) is 17.7 Å². The number of anilines is 2. The zero-order valence-electron chi connectivity index (χ0n) is 14.4. The summed E-state index contributed by atoms with van der Waals surface area (Å²) in [4.78, 5) is 12.9. The van der Waals surface area contributed by atoms with Gasteiger partial charge in [0.1, 0.15) is 5.00 Å². The van der Waals surface area contributed by atoms with Crippen LogP contribution in [0.3, 0.4) is 0 Å². The Morgan fingerprint density at radius 2 is 1.83 bits per heavy atom. The fraction of sp³-hybridized carbons (Fsp3) is 0.333. The number of methoxy groups -OCH3 is 1. The lowest BCUT2D eigenvalue weighted by atomic mass is 10.0. The Bertz CT molecular complexity index is 731. The van der Waals surface area contributed by atoms with Gasteiger partial charge in [0.25, 0.3) is 0 Å². The van der Waals surface area contributed by atoms with Crippen LogP contribution in [0.25, 0.3) is 0 Å². The third-order valence-corrected chi connectivity index (χ3v) is 4.90. The number of rotatable bonds is 5. The van der Waals surface area contributed by atoms with E-state index in [9.17, 15) is 4.79 Å². The van der Waals surface area contributed by atoms with Gasteiger partial charge in [0.15, 0.2) is 5.11 Å². The first-order chi connectivity index (χ1) is 11.5. The molecular weight excluding hydrogens is 340 g/mol. The van der Waals surface area contributed by atoms with Crippen LogP contribution in [0.5, 0.6) is 0 Å². The van der Waals surface area contributed by atoms with Gasteiger partial charge in [-0.05, 0) is 49.2 Å². The van der Waals surface area contributed by atoms with Crippen LogP contribution in [0.15, 0.2) is 24.3 Å². The maximum atomic E-state index is 11.9. The van der Waals surface area contributed by atoms with Crippen LogP contribution >= 0.6 is 23.6 Å². The van der Waals surface area contributed by atoms with Crippen LogP contribution in [-0.4, -0.2) is 18.2 Å². The van der Waals surface area contributed by atoms with Crippen molar-refractivity contribution < 1.29 is 9.53 Å². The third-order valence-electron chi connectivity index (χ3n) is 3.73. The first kappa shape index (κ1) is 18.4. The van der Waals surface area contributed by atoms with E-state index in [2.05, 4.69) is 42.7 Å². The third kappa shape index (κ3) is 4.13. The minimum Gasteiger partial charge on any atom is -0.465 e. The second-order valence-corrected chi connectivity index (χ2v) is 6.99. The summed E-state index contributed by atoms with van der Waals surface area (Å²) in [6.07, 6.45) is 1.84. The van der Waals surface area contributed by atoms with E-state index in [4.69, 9.17) is 17.0 Å². The van der Waals surface area contributed by atoms with Gasteiger partial charge in [-0.15, -0.1) is 11.3 Å². The van der Waals surface area contributed by atoms with Crippen molar-refractivity contribution in [2.24, 2.45) is 0 Å². The Labute approximate surface area is 152 Å². The molecule has 0 saturated carbocycles. The Morgan fingerprint density at radius 1 is 1.21 bits per heavy atom. The van der Waals surface area contributed by atoms with Crippen LogP contribution in [0.4, 0.5) is 10.7 Å². The molecule has 1 aromatic carbocycles. The number of nitrogens with one attached hydrogen (secondary N) is 2. The molecule has 0 aliphatic carbocycles. The van der Waals surface area contributed by atoms with Crippen molar-refractivity contribution in [1.29, 1.82) is 0 Å². The van der Waals surface area contributed by atoms with E-state index >= 15 is 0 Å². The lowest BCUT2D eigenvalue weighted by molar-refractivity contribution is 0.0602. The topological polar surface area (TPSA) is 50.4 Å². The van der Waals surface area contributed by atoms with Crippen molar-refractivity contribution in [3.8, 4) is 0 Å². The summed E-state index contributed by atoms with van der Waals surface area (Å²) < 4.78 is 4.83. The predicted molar refractivity (Wildman–Crippen MR) is 105 cm³/mol. The SMILES string of the molecule is CCc1cccc(CC)c1NC(=S)Nc1sc(C)cc1C(=O)OC. The Balaban J connectivity index is 2.22. The quantitative estimate of drug-likeness (QED) is 0.592. The number of thiocarbonyl (C=S) groups is 1. The van der Waals surface area contributed by atoms with Crippen molar-refractivity contribution in [3.05, 3.63) is 45.8 Å². The van der Waals surface area contributed by atoms with E-state index in [1.54, 1.807) is 6.07 Å². The number of esters is 1. The van der Waals surface area contributed by atoms with Crippen LogP contribution in [0, 0.1) is 6.92 Å². The van der Waals surface area contributed by atoms with Gasteiger partial charge in [-0.2, -0.15) is 0 Å². The van der Waals surface area contributed by atoms with Crippen LogP contribution in [0.1, 0.15) is 40.2 Å². The van der Waals surface area contributed by atoms with Crippen molar-refractivity contribution in [1.82, 2.24) is 0 Å². The molecule has 2 N–H and O–H groups in total. The number of benzene rings is 1. The molecule has 128 valence electrons. The van der Waals surface area contributed by atoms with Gasteiger partial charge in [-0.3, -0.25) is 0 Å². The molecule has 0 spiro atoms.